The zero-order valence-corrected chi connectivity index (χ0v) is 19.3. The second-order valence-corrected chi connectivity index (χ2v) is 9.45. The van der Waals surface area contributed by atoms with Crippen molar-refractivity contribution < 1.29 is 13.6 Å². The van der Waals surface area contributed by atoms with Crippen LogP contribution >= 0.6 is 9.24 Å². The van der Waals surface area contributed by atoms with Gasteiger partial charge >= 0.3 is 0 Å². The summed E-state index contributed by atoms with van der Waals surface area (Å²) >= 11 is 0. The van der Waals surface area contributed by atoms with Gasteiger partial charge in [0, 0.05) is 48.7 Å². The molecule has 1 aliphatic heterocycles. The maximum absolute atomic E-state index is 14.7. The Hall–Kier alpha value is -3.48. The van der Waals surface area contributed by atoms with Gasteiger partial charge in [-0.25, -0.2) is 13.8 Å². The standard InChI is InChI=1S/C25H22F2N5OP/c26-20-11-28-10-18(24(20)17-3-7-21-22(9-17)30-15-29-21)4-8-23(33)31-19-5-1-16(2-6-19)12-32-13-25(27,34)14-32/h1-11,15H,12-14,34H2,(H,29,30)(H,31,33)/b8-4+. The predicted molar refractivity (Wildman–Crippen MR) is 132 cm³/mol. The van der Waals surface area contributed by atoms with Gasteiger partial charge in [-0.3, -0.25) is 14.7 Å². The minimum Gasteiger partial charge on any atom is -0.345 e. The van der Waals surface area contributed by atoms with Gasteiger partial charge in [0.15, 0.2) is 0 Å². The third-order valence-corrected chi connectivity index (χ3v) is 6.02. The molecule has 1 aliphatic rings. The molecule has 0 saturated carbocycles. The Morgan fingerprint density at radius 2 is 2.00 bits per heavy atom. The van der Waals surface area contributed by atoms with Crippen LogP contribution in [0.3, 0.4) is 0 Å². The summed E-state index contributed by atoms with van der Waals surface area (Å²) in [5.41, 5.74) is 4.74. The maximum Gasteiger partial charge on any atom is 0.248 e. The molecule has 3 heterocycles. The normalized spacial score (nSPS) is 15.5. The highest BCUT2D eigenvalue weighted by Crippen LogP contribution is 2.33. The van der Waals surface area contributed by atoms with Crippen molar-refractivity contribution in [3.05, 3.63) is 84.2 Å². The number of aromatic amines is 1. The first-order chi connectivity index (χ1) is 16.4. The van der Waals surface area contributed by atoms with Crippen LogP contribution in [0.4, 0.5) is 14.5 Å². The fraction of sp³-hybridized carbons (Fsp3) is 0.160. The number of carbonyl (C=O) groups is 1. The molecule has 9 heteroatoms. The Bertz CT molecular complexity index is 1380. The molecule has 1 saturated heterocycles. The molecule has 6 nitrogen and oxygen atoms in total. The number of likely N-dealkylation sites (tertiary alicyclic amines) is 1. The van der Waals surface area contributed by atoms with Gasteiger partial charge in [0.2, 0.25) is 5.91 Å². The first-order valence-electron chi connectivity index (χ1n) is 10.7. The van der Waals surface area contributed by atoms with E-state index < -0.39 is 11.2 Å². The van der Waals surface area contributed by atoms with Crippen molar-refractivity contribution in [2.45, 2.75) is 12.0 Å². The first-order valence-corrected chi connectivity index (χ1v) is 11.3. The number of alkyl halides is 1. The van der Waals surface area contributed by atoms with Crippen molar-refractivity contribution >= 4 is 37.9 Å². The summed E-state index contributed by atoms with van der Waals surface area (Å²) in [5.74, 6) is -0.828. The van der Waals surface area contributed by atoms with E-state index in [0.717, 1.165) is 22.8 Å². The lowest BCUT2D eigenvalue weighted by Gasteiger charge is -2.42. The molecule has 0 bridgehead atoms. The van der Waals surface area contributed by atoms with E-state index in [9.17, 15) is 13.6 Å². The van der Waals surface area contributed by atoms with Crippen molar-refractivity contribution in [3.63, 3.8) is 0 Å². The van der Waals surface area contributed by atoms with Gasteiger partial charge < -0.3 is 10.3 Å². The lowest BCUT2D eigenvalue weighted by Crippen LogP contribution is -2.54. The van der Waals surface area contributed by atoms with Crippen LogP contribution in [0, 0.1) is 5.82 Å². The van der Waals surface area contributed by atoms with Gasteiger partial charge in [-0.2, -0.15) is 0 Å². The number of nitrogens with zero attached hydrogens (tertiary/aromatic N) is 3. The van der Waals surface area contributed by atoms with E-state index >= 15 is 0 Å². The summed E-state index contributed by atoms with van der Waals surface area (Å²) in [7, 11) is 2.24. The number of halogens is 2. The zero-order chi connectivity index (χ0) is 23.7. The molecule has 2 aromatic heterocycles. The maximum atomic E-state index is 14.7. The second-order valence-electron chi connectivity index (χ2n) is 8.42. The number of rotatable bonds is 6. The largest absolute Gasteiger partial charge is 0.345 e. The number of amides is 1. The minimum absolute atomic E-state index is 0.347. The van der Waals surface area contributed by atoms with Crippen molar-refractivity contribution in [1.29, 1.82) is 0 Å². The summed E-state index contributed by atoms with van der Waals surface area (Å²) in [6.07, 6.45) is 7.15. The molecule has 2 aromatic carbocycles. The highest BCUT2D eigenvalue weighted by atomic mass is 31.0. The van der Waals surface area contributed by atoms with Crippen LogP contribution in [0.5, 0.6) is 0 Å². The van der Waals surface area contributed by atoms with Crippen molar-refractivity contribution in [2.75, 3.05) is 18.4 Å². The lowest BCUT2D eigenvalue weighted by molar-refractivity contribution is -0.111. The molecule has 0 aliphatic carbocycles. The SMILES string of the molecule is O=C(/C=C/c1cncc(F)c1-c1ccc2nc[nH]c2c1)Nc1ccc(CN2CC(F)(P)C2)cc1. The number of carbonyl (C=O) groups excluding carboxylic acids is 1. The van der Waals surface area contributed by atoms with Crippen LogP contribution in [-0.4, -0.2) is 44.3 Å². The van der Waals surface area contributed by atoms with Crippen LogP contribution in [0.2, 0.25) is 0 Å². The number of imidazole rings is 1. The molecular formula is C25H22F2N5OP. The molecule has 172 valence electrons. The van der Waals surface area contributed by atoms with E-state index in [2.05, 4.69) is 29.5 Å². The van der Waals surface area contributed by atoms with E-state index in [1.807, 2.05) is 29.2 Å². The molecule has 1 unspecified atom stereocenters. The number of nitrogens with one attached hydrogen (secondary N) is 2. The Morgan fingerprint density at radius 1 is 1.21 bits per heavy atom. The van der Waals surface area contributed by atoms with Gasteiger partial charge in [0.1, 0.15) is 11.2 Å². The first kappa shape index (κ1) is 22.3. The van der Waals surface area contributed by atoms with Crippen LogP contribution in [0.1, 0.15) is 11.1 Å². The summed E-state index contributed by atoms with van der Waals surface area (Å²) in [6.45, 7) is 1.45. The fourth-order valence-electron chi connectivity index (χ4n) is 4.08. The van der Waals surface area contributed by atoms with Crippen LogP contribution in [0.25, 0.3) is 28.2 Å². The third kappa shape index (κ3) is 4.88. The summed E-state index contributed by atoms with van der Waals surface area (Å²) in [6, 6.07) is 12.8. The summed E-state index contributed by atoms with van der Waals surface area (Å²) < 4.78 is 28.3. The van der Waals surface area contributed by atoms with Crippen LogP contribution < -0.4 is 5.32 Å². The smallest absolute Gasteiger partial charge is 0.248 e. The fourth-order valence-corrected chi connectivity index (χ4v) is 4.60. The highest BCUT2D eigenvalue weighted by molar-refractivity contribution is 7.18. The molecule has 1 amide bonds. The quantitative estimate of drug-likeness (QED) is 0.310. The van der Waals surface area contributed by atoms with E-state index in [1.54, 1.807) is 30.6 Å². The van der Waals surface area contributed by atoms with Gasteiger partial charge in [0.25, 0.3) is 0 Å². The Labute approximate surface area is 197 Å². The summed E-state index contributed by atoms with van der Waals surface area (Å²) in [5, 5.41) is 1.62. The van der Waals surface area contributed by atoms with Gasteiger partial charge in [-0.15, -0.1) is 0 Å². The minimum atomic E-state index is -1.18. The van der Waals surface area contributed by atoms with Crippen molar-refractivity contribution in [1.82, 2.24) is 19.9 Å². The number of H-pyrrole nitrogens is 1. The molecule has 1 fully saturated rings. The van der Waals surface area contributed by atoms with Gasteiger partial charge in [-0.05, 0) is 41.5 Å². The van der Waals surface area contributed by atoms with E-state index in [1.165, 1.54) is 12.3 Å². The number of pyridine rings is 1. The van der Waals surface area contributed by atoms with Gasteiger partial charge in [0.05, 0.1) is 23.6 Å². The topological polar surface area (TPSA) is 73.9 Å². The average Bonchev–Trinajstić information content (AvgIpc) is 3.26. The lowest BCUT2D eigenvalue weighted by atomic mass is 10.0. The van der Waals surface area contributed by atoms with Crippen LogP contribution in [-0.2, 0) is 11.3 Å². The second kappa shape index (κ2) is 9.05. The van der Waals surface area contributed by atoms with Gasteiger partial charge in [-0.1, -0.05) is 27.4 Å². The Balaban J connectivity index is 1.27. The van der Waals surface area contributed by atoms with Crippen molar-refractivity contribution in [3.8, 4) is 11.1 Å². The van der Waals surface area contributed by atoms with Crippen LogP contribution in [0.15, 0.2) is 67.3 Å². The predicted octanol–water partition coefficient (Wildman–Crippen LogP) is 4.77. The molecule has 2 N–H and O–H groups in total. The number of anilines is 1. The molecule has 4 aromatic rings. The third-order valence-electron chi connectivity index (χ3n) is 5.65. The van der Waals surface area contributed by atoms with E-state index in [-0.39, 0.29) is 5.91 Å². The van der Waals surface area contributed by atoms with E-state index in [0.29, 0.717) is 42.0 Å². The molecule has 0 radical (unpaired) electrons. The highest BCUT2D eigenvalue weighted by Gasteiger charge is 2.38. The number of hydrogen-bond donors (Lipinski definition) is 2. The van der Waals surface area contributed by atoms with Crippen molar-refractivity contribution in [2.24, 2.45) is 0 Å². The molecule has 1 atom stereocenters. The molecule has 5 rings (SSSR count). The number of benzene rings is 2. The molecule has 34 heavy (non-hydrogen) atoms. The average molecular weight is 477 g/mol. The summed E-state index contributed by atoms with van der Waals surface area (Å²) in [4.78, 5) is 25.6. The number of fused-ring (bicyclic) bond motifs is 1. The molecular weight excluding hydrogens is 455 g/mol. The zero-order valence-electron chi connectivity index (χ0n) is 18.1. The Kier molecular flexibility index (Phi) is 5.94. The van der Waals surface area contributed by atoms with E-state index in [4.69, 9.17) is 0 Å². The number of aromatic nitrogens is 3. The Morgan fingerprint density at radius 3 is 2.76 bits per heavy atom. The number of hydrogen-bond acceptors (Lipinski definition) is 4. The molecule has 0 spiro atoms. The monoisotopic (exact) mass is 477 g/mol.